The molecule has 0 saturated heterocycles. The summed E-state index contributed by atoms with van der Waals surface area (Å²) in [4.78, 5) is 2.59. The van der Waals surface area contributed by atoms with Crippen molar-refractivity contribution >= 4 is 17.1 Å². The molecule has 2 spiro atoms. The third kappa shape index (κ3) is 5.83. The Bertz CT molecular complexity index is 3700. The average molecular weight is 930 g/mol. The van der Waals surface area contributed by atoms with Gasteiger partial charge < -0.3 is 4.90 Å². The first-order valence-electron chi connectivity index (χ1n) is 26.6. The zero-order valence-corrected chi connectivity index (χ0v) is 43.2. The first-order valence-corrected chi connectivity index (χ1v) is 26.6. The molecule has 5 aliphatic carbocycles. The molecular formula is C71H63N. The van der Waals surface area contributed by atoms with Crippen LogP contribution in [0.25, 0.3) is 55.6 Å². The van der Waals surface area contributed by atoms with E-state index in [0.717, 1.165) is 5.69 Å². The fourth-order valence-electron chi connectivity index (χ4n) is 14.7. The van der Waals surface area contributed by atoms with Crippen LogP contribution in [0.15, 0.2) is 188 Å². The van der Waals surface area contributed by atoms with Gasteiger partial charge in [0.2, 0.25) is 0 Å². The molecule has 1 heteroatoms. The number of rotatable bonds is 4. The summed E-state index contributed by atoms with van der Waals surface area (Å²) < 4.78 is 0. The highest BCUT2D eigenvalue weighted by Crippen LogP contribution is 2.65. The molecule has 9 aromatic rings. The lowest BCUT2D eigenvalue weighted by molar-refractivity contribution is 0.550. The van der Waals surface area contributed by atoms with Gasteiger partial charge in [-0.3, -0.25) is 0 Å². The molecule has 352 valence electrons. The Hall–Kier alpha value is -7.22. The summed E-state index contributed by atoms with van der Waals surface area (Å²) in [7, 11) is 0. The standard InChI is InChI=1S/C71H63N/c1-67(2,3)45-29-35-62-57(40-45)58-41-46(68(4,5)6)30-36-63(58)71(62)61-28-14-11-22-52(61)55-34-32-49(43-65(55)71)72(48-31-33-54-51-21-10-13-27-60(51)70(64(54)42-48)37-15-16-38-70)47-20-17-19-44(39-47)50-24-18-25-56-53-23-9-12-26-59(53)69(7,8)66(50)56/h9-14,17-36,39-43H,15-16,37-38H2,1-8H3. The van der Waals surface area contributed by atoms with Crippen LogP contribution < -0.4 is 4.90 Å². The fraction of sp³-hybridized carbons (Fsp3) is 0.239. The molecule has 0 amide bonds. The van der Waals surface area contributed by atoms with Crippen molar-refractivity contribution in [3.63, 3.8) is 0 Å². The van der Waals surface area contributed by atoms with E-state index in [1.807, 2.05) is 0 Å². The average Bonchev–Trinajstić information content (AvgIpc) is 4.18. The lowest BCUT2D eigenvalue weighted by atomic mass is 9.70. The smallest absolute Gasteiger partial charge is 0.0726 e. The molecule has 0 aliphatic heterocycles. The van der Waals surface area contributed by atoms with Gasteiger partial charge in [0.25, 0.3) is 0 Å². The number of hydrogen-bond acceptors (Lipinski definition) is 1. The van der Waals surface area contributed by atoms with E-state index in [-0.39, 0.29) is 21.7 Å². The van der Waals surface area contributed by atoms with Gasteiger partial charge in [-0.25, -0.2) is 0 Å². The molecule has 0 N–H and O–H groups in total. The normalized spacial score (nSPS) is 16.4. The van der Waals surface area contributed by atoms with Crippen molar-refractivity contribution in [3.05, 3.63) is 244 Å². The molecule has 5 aliphatic rings. The van der Waals surface area contributed by atoms with Gasteiger partial charge in [0, 0.05) is 27.9 Å². The molecule has 9 aromatic carbocycles. The molecule has 1 saturated carbocycles. The predicted octanol–water partition coefficient (Wildman–Crippen LogP) is 18.9. The Morgan fingerprint density at radius 1 is 0.347 bits per heavy atom. The van der Waals surface area contributed by atoms with Gasteiger partial charge in [0.05, 0.1) is 5.41 Å². The monoisotopic (exact) mass is 929 g/mol. The zero-order chi connectivity index (χ0) is 49.1. The first kappa shape index (κ1) is 43.6. The summed E-state index contributed by atoms with van der Waals surface area (Å²) in [6, 6.07) is 73.7. The second-order valence-corrected chi connectivity index (χ2v) is 24.4. The van der Waals surface area contributed by atoms with Gasteiger partial charge in [-0.1, -0.05) is 220 Å². The molecule has 14 rings (SSSR count). The number of nitrogens with zero attached hydrogens (tertiary/aromatic N) is 1. The maximum atomic E-state index is 2.59. The van der Waals surface area contributed by atoms with Gasteiger partial charge in [-0.2, -0.15) is 0 Å². The van der Waals surface area contributed by atoms with Gasteiger partial charge in [-0.05, 0) is 171 Å². The van der Waals surface area contributed by atoms with E-state index < -0.39 is 5.41 Å². The largest absolute Gasteiger partial charge is 0.310 e. The Labute approximate surface area is 427 Å². The third-order valence-corrected chi connectivity index (χ3v) is 18.1. The van der Waals surface area contributed by atoms with Crippen molar-refractivity contribution in [2.75, 3.05) is 4.90 Å². The molecule has 0 atom stereocenters. The van der Waals surface area contributed by atoms with Crippen molar-refractivity contribution in [3.8, 4) is 55.6 Å². The summed E-state index contributed by atoms with van der Waals surface area (Å²) in [5.41, 5.74) is 30.4. The van der Waals surface area contributed by atoms with E-state index in [0.29, 0.717) is 0 Å². The summed E-state index contributed by atoms with van der Waals surface area (Å²) in [5.74, 6) is 0. The molecule has 1 fully saturated rings. The van der Waals surface area contributed by atoms with Crippen LogP contribution in [-0.4, -0.2) is 0 Å². The van der Waals surface area contributed by atoms with E-state index in [4.69, 9.17) is 0 Å². The Morgan fingerprint density at radius 3 is 1.43 bits per heavy atom. The van der Waals surface area contributed by atoms with Crippen LogP contribution in [0.3, 0.4) is 0 Å². The van der Waals surface area contributed by atoms with Crippen LogP contribution in [-0.2, 0) is 27.1 Å². The Kier molecular flexibility index (Phi) is 9.03. The van der Waals surface area contributed by atoms with Crippen molar-refractivity contribution in [2.45, 2.75) is 108 Å². The van der Waals surface area contributed by atoms with Crippen LogP contribution in [0.2, 0.25) is 0 Å². The molecule has 0 aromatic heterocycles. The van der Waals surface area contributed by atoms with E-state index in [1.165, 1.54) is 148 Å². The lowest BCUT2D eigenvalue weighted by Crippen LogP contribution is -2.26. The molecule has 1 nitrogen and oxygen atoms in total. The zero-order valence-electron chi connectivity index (χ0n) is 43.2. The van der Waals surface area contributed by atoms with Gasteiger partial charge >= 0.3 is 0 Å². The van der Waals surface area contributed by atoms with Gasteiger partial charge in [0.15, 0.2) is 0 Å². The summed E-state index contributed by atoms with van der Waals surface area (Å²) in [5, 5.41) is 0. The van der Waals surface area contributed by atoms with Crippen LogP contribution >= 0.6 is 0 Å². The molecule has 72 heavy (non-hydrogen) atoms. The van der Waals surface area contributed by atoms with Crippen LogP contribution in [0.4, 0.5) is 17.1 Å². The highest BCUT2D eigenvalue weighted by molar-refractivity contribution is 5.98. The predicted molar refractivity (Wildman–Crippen MR) is 303 cm³/mol. The van der Waals surface area contributed by atoms with Crippen molar-refractivity contribution in [2.24, 2.45) is 0 Å². The molecule has 0 bridgehead atoms. The van der Waals surface area contributed by atoms with Crippen molar-refractivity contribution in [1.29, 1.82) is 0 Å². The Morgan fingerprint density at radius 2 is 0.806 bits per heavy atom. The minimum absolute atomic E-state index is 0.00809. The van der Waals surface area contributed by atoms with Crippen molar-refractivity contribution in [1.82, 2.24) is 0 Å². The van der Waals surface area contributed by atoms with Crippen LogP contribution in [0.1, 0.15) is 137 Å². The number of hydrogen-bond donors (Lipinski definition) is 0. The summed E-state index contributed by atoms with van der Waals surface area (Å²) >= 11 is 0. The molecule has 0 radical (unpaired) electrons. The minimum Gasteiger partial charge on any atom is -0.310 e. The summed E-state index contributed by atoms with van der Waals surface area (Å²) in [6.07, 6.45) is 4.91. The van der Waals surface area contributed by atoms with Gasteiger partial charge in [-0.15, -0.1) is 0 Å². The maximum Gasteiger partial charge on any atom is 0.0726 e. The SMILES string of the molecule is CC(C)(C)c1ccc2c(c1)-c1cc(C(C)(C)C)ccc1C21c2ccccc2-c2ccc(N(c3cccc(-c4cccc5c4C(C)(C)c4ccccc4-5)c3)c3ccc4c(c3)C3(CCCC3)c3ccccc3-4)cc21. The molecule has 0 unspecified atom stereocenters. The highest BCUT2D eigenvalue weighted by Gasteiger charge is 2.53. The number of anilines is 3. The van der Waals surface area contributed by atoms with Crippen LogP contribution in [0.5, 0.6) is 0 Å². The highest BCUT2D eigenvalue weighted by atomic mass is 15.1. The second kappa shape index (κ2) is 14.9. The van der Waals surface area contributed by atoms with Gasteiger partial charge in [0.1, 0.15) is 0 Å². The molecule has 0 heterocycles. The third-order valence-electron chi connectivity index (χ3n) is 18.1. The second-order valence-electron chi connectivity index (χ2n) is 24.4. The summed E-state index contributed by atoms with van der Waals surface area (Å²) in [6.45, 7) is 18.9. The van der Waals surface area contributed by atoms with E-state index in [2.05, 4.69) is 248 Å². The van der Waals surface area contributed by atoms with E-state index >= 15 is 0 Å². The quantitative estimate of drug-likeness (QED) is 0.170. The van der Waals surface area contributed by atoms with E-state index in [1.54, 1.807) is 0 Å². The maximum absolute atomic E-state index is 2.59. The topological polar surface area (TPSA) is 3.24 Å². The number of fused-ring (bicyclic) bond motifs is 18. The van der Waals surface area contributed by atoms with Crippen LogP contribution in [0, 0.1) is 0 Å². The minimum atomic E-state index is -0.494. The Balaban J connectivity index is 1.02. The van der Waals surface area contributed by atoms with Crippen molar-refractivity contribution < 1.29 is 0 Å². The van der Waals surface area contributed by atoms with E-state index in [9.17, 15) is 0 Å². The number of benzene rings is 9. The molecular weight excluding hydrogens is 867 g/mol. The lowest BCUT2D eigenvalue weighted by Gasteiger charge is -2.33. The fourth-order valence-corrected chi connectivity index (χ4v) is 14.7. The first-order chi connectivity index (χ1) is 34.7.